The monoisotopic (exact) mass is 303 g/mol. The fraction of sp³-hybridized carbons (Fsp3) is 0.684. The van der Waals surface area contributed by atoms with E-state index in [9.17, 15) is 5.11 Å². The van der Waals surface area contributed by atoms with Gasteiger partial charge in [-0.1, -0.05) is 45.9 Å². The van der Waals surface area contributed by atoms with Crippen LogP contribution in [-0.4, -0.2) is 35.7 Å². The molecule has 0 saturated carbocycles. The van der Waals surface area contributed by atoms with E-state index in [0.29, 0.717) is 24.4 Å². The Morgan fingerprint density at radius 3 is 2.50 bits per heavy atom. The molecule has 3 rings (SSSR count). The lowest BCUT2D eigenvalue weighted by Gasteiger charge is -2.44. The van der Waals surface area contributed by atoms with Crippen LogP contribution in [0.15, 0.2) is 18.2 Å². The molecular formula is C19H29NO2. The predicted octanol–water partition coefficient (Wildman–Crippen LogP) is 3.58. The van der Waals surface area contributed by atoms with Crippen LogP contribution in [0.3, 0.4) is 0 Å². The molecule has 0 bridgehead atoms. The van der Waals surface area contributed by atoms with Crippen LogP contribution in [0.2, 0.25) is 0 Å². The van der Waals surface area contributed by atoms with E-state index in [-0.39, 0.29) is 6.04 Å². The van der Waals surface area contributed by atoms with Gasteiger partial charge in [0.25, 0.3) is 0 Å². The lowest BCUT2D eigenvalue weighted by atomic mass is 9.87. The average Bonchev–Trinajstić information content (AvgIpc) is 2.46. The number of rotatable bonds is 2. The molecule has 2 aliphatic heterocycles. The van der Waals surface area contributed by atoms with Crippen molar-refractivity contribution in [2.75, 3.05) is 19.7 Å². The second-order valence-corrected chi connectivity index (χ2v) is 7.64. The fourth-order valence-electron chi connectivity index (χ4n) is 4.18. The van der Waals surface area contributed by atoms with Gasteiger partial charge in [-0.15, -0.1) is 0 Å². The van der Waals surface area contributed by atoms with E-state index in [1.165, 1.54) is 12.0 Å². The van der Waals surface area contributed by atoms with Gasteiger partial charge in [0.15, 0.2) is 0 Å². The van der Waals surface area contributed by atoms with E-state index in [0.717, 1.165) is 24.4 Å². The zero-order valence-corrected chi connectivity index (χ0v) is 14.2. The fourth-order valence-corrected chi connectivity index (χ4v) is 4.18. The van der Waals surface area contributed by atoms with Crippen molar-refractivity contribution in [1.29, 1.82) is 0 Å². The third kappa shape index (κ3) is 2.89. The quantitative estimate of drug-likeness (QED) is 0.906. The number of aliphatic hydroxyl groups excluding tert-OH is 1. The summed E-state index contributed by atoms with van der Waals surface area (Å²) in [5.41, 5.74) is 2.17. The Hall–Kier alpha value is -1.06. The predicted molar refractivity (Wildman–Crippen MR) is 89.3 cm³/mol. The molecule has 0 spiro atoms. The highest BCUT2D eigenvalue weighted by molar-refractivity contribution is 5.46. The number of ether oxygens (including phenoxy) is 1. The highest BCUT2D eigenvalue weighted by Crippen LogP contribution is 2.40. The van der Waals surface area contributed by atoms with Gasteiger partial charge in [0.1, 0.15) is 18.5 Å². The number of benzene rings is 1. The molecule has 0 radical (unpaired) electrons. The van der Waals surface area contributed by atoms with Gasteiger partial charge in [0.2, 0.25) is 0 Å². The molecule has 3 heteroatoms. The first kappa shape index (κ1) is 15.8. The molecule has 1 aromatic carbocycles. The zero-order valence-electron chi connectivity index (χ0n) is 14.2. The van der Waals surface area contributed by atoms with Gasteiger partial charge in [-0.05, 0) is 29.7 Å². The van der Waals surface area contributed by atoms with E-state index in [1.54, 1.807) is 0 Å². The van der Waals surface area contributed by atoms with Crippen molar-refractivity contribution in [3.63, 3.8) is 0 Å². The molecule has 0 aliphatic carbocycles. The minimum absolute atomic E-state index is 0.0834. The molecule has 0 amide bonds. The van der Waals surface area contributed by atoms with Crippen LogP contribution in [0, 0.1) is 11.8 Å². The molecule has 2 heterocycles. The summed E-state index contributed by atoms with van der Waals surface area (Å²) in [7, 11) is 0. The molecule has 122 valence electrons. The Bertz CT molecular complexity index is 518. The van der Waals surface area contributed by atoms with Crippen molar-refractivity contribution in [2.45, 2.75) is 52.2 Å². The maximum absolute atomic E-state index is 10.9. The van der Waals surface area contributed by atoms with Gasteiger partial charge in [-0.2, -0.15) is 0 Å². The topological polar surface area (TPSA) is 32.7 Å². The Labute approximate surface area is 134 Å². The molecule has 1 saturated heterocycles. The number of likely N-dealkylation sites (tertiary alicyclic amines) is 1. The molecular weight excluding hydrogens is 274 g/mol. The minimum atomic E-state index is -0.444. The second-order valence-electron chi connectivity index (χ2n) is 7.64. The van der Waals surface area contributed by atoms with E-state index in [4.69, 9.17) is 4.74 Å². The molecule has 2 aliphatic rings. The molecule has 4 unspecified atom stereocenters. The summed E-state index contributed by atoms with van der Waals surface area (Å²) < 4.78 is 6.12. The molecule has 22 heavy (non-hydrogen) atoms. The van der Waals surface area contributed by atoms with Gasteiger partial charge in [-0.3, -0.25) is 4.90 Å². The lowest BCUT2D eigenvalue weighted by molar-refractivity contribution is -0.0230. The van der Waals surface area contributed by atoms with Gasteiger partial charge < -0.3 is 9.84 Å². The van der Waals surface area contributed by atoms with Crippen LogP contribution >= 0.6 is 0 Å². The highest BCUT2D eigenvalue weighted by Gasteiger charge is 2.37. The van der Waals surface area contributed by atoms with Crippen molar-refractivity contribution < 1.29 is 9.84 Å². The summed E-state index contributed by atoms with van der Waals surface area (Å²) >= 11 is 0. The first-order chi connectivity index (χ1) is 10.5. The molecule has 1 aromatic rings. The third-order valence-corrected chi connectivity index (χ3v) is 5.15. The van der Waals surface area contributed by atoms with Gasteiger partial charge in [0.05, 0.1) is 6.04 Å². The summed E-state index contributed by atoms with van der Waals surface area (Å²) in [6.45, 7) is 11.7. The number of piperidine rings is 1. The molecule has 0 aromatic heterocycles. The van der Waals surface area contributed by atoms with E-state index in [2.05, 4.69) is 38.7 Å². The Morgan fingerprint density at radius 2 is 1.86 bits per heavy atom. The summed E-state index contributed by atoms with van der Waals surface area (Å²) in [5.74, 6) is 2.71. The van der Waals surface area contributed by atoms with Gasteiger partial charge in [-0.25, -0.2) is 0 Å². The maximum Gasteiger partial charge on any atom is 0.128 e. The average molecular weight is 303 g/mol. The van der Waals surface area contributed by atoms with Gasteiger partial charge >= 0.3 is 0 Å². The van der Waals surface area contributed by atoms with Crippen molar-refractivity contribution in [3.8, 4) is 5.75 Å². The number of hydrogen-bond acceptors (Lipinski definition) is 3. The third-order valence-electron chi connectivity index (χ3n) is 5.15. The SMILES string of the molecule is CC1CC(C)CN(C2COc3c(C(C)C)cccc3C2O)C1. The van der Waals surface area contributed by atoms with E-state index < -0.39 is 6.10 Å². The lowest BCUT2D eigenvalue weighted by Crippen LogP contribution is -2.51. The van der Waals surface area contributed by atoms with Crippen molar-refractivity contribution >= 4 is 0 Å². The Balaban J connectivity index is 1.85. The van der Waals surface area contributed by atoms with Crippen LogP contribution in [0.25, 0.3) is 0 Å². The normalized spacial score (nSPS) is 32.6. The van der Waals surface area contributed by atoms with Gasteiger partial charge in [0, 0.05) is 18.7 Å². The minimum Gasteiger partial charge on any atom is -0.491 e. The Kier molecular flexibility index (Phi) is 4.47. The van der Waals surface area contributed by atoms with Crippen molar-refractivity contribution in [1.82, 2.24) is 4.90 Å². The number of hydrogen-bond donors (Lipinski definition) is 1. The second kappa shape index (κ2) is 6.21. The number of fused-ring (bicyclic) bond motifs is 1. The molecule has 1 fully saturated rings. The zero-order chi connectivity index (χ0) is 15.9. The molecule has 4 atom stereocenters. The maximum atomic E-state index is 10.9. The van der Waals surface area contributed by atoms with Crippen LogP contribution in [0.1, 0.15) is 57.3 Å². The highest BCUT2D eigenvalue weighted by atomic mass is 16.5. The standard InChI is InChI=1S/C19H29NO2/c1-12(2)15-6-5-7-16-18(21)17(11-22-19(15)16)20-9-13(3)8-14(4)10-20/h5-7,12-14,17-18,21H,8-11H2,1-4H3. The van der Waals surface area contributed by atoms with Crippen molar-refractivity contribution in [3.05, 3.63) is 29.3 Å². The van der Waals surface area contributed by atoms with Crippen LogP contribution in [-0.2, 0) is 0 Å². The smallest absolute Gasteiger partial charge is 0.128 e. The largest absolute Gasteiger partial charge is 0.491 e. The Morgan fingerprint density at radius 1 is 1.18 bits per heavy atom. The van der Waals surface area contributed by atoms with E-state index in [1.807, 2.05) is 12.1 Å². The summed E-state index contributed by atoms with van der Waals surface area (Å²) in [6.07, 6.45) is 0.841. The summed E-state index contributed by atoms with van der Waals surface area (Å²) in [6, 6.07) is 6.26. The van der Waals surface area contributed by atoms with Crippen LogP contribution < -0.4 is 4.74 Å². The van der Waals surface area contributed by atoms with Crippen LogP contribution in [0.4, 0.5) is 0 Å². The number of para-hydroxylation sites is 1. The number of aliphatic hydroxyl groups is 1. The molecule has 3 nitrogen and oxygen atoms in total. The molecule has 1 N–H and O–H groups in total. The number of nitrogens with zero attached hydrogens (tertiary/aromatic N) is 1. The van der Waals surface area contributed by atoms with Crippen molar-refractivity contribution in [2.24, 2.45) is 11.8 Å². The summed E-state index contributed by atoms with van der Waals surface area (Å²) in [4.78, 5) is 2.44. The first-order valence-corrected chi connectivity index (χ1v) is 8.65. The summed E-state index contributed by atoms with van der Waals surface area (Å²) in [5, 5.41) is 10.9. The van der Waals surface area contributed by atoms with E-state index >= 15 is 0 Å². The first-order valence-electron chi connectivity index (χ1n) is 8.65. The van der Waals surface area contributed by atoms with Crippen LogP contribution in [0.5, 0.6) is 5.75 Å².